The van der Waals surface area contributed by atoms with Crippen molar-refractivity contribution in [2.75, 3.05) is 28.4 Å². The molecule has 0 aliphatic carbocycles. The fraction of sp³-hybridized carbons (Fsp3) is 0.108. The van der Waals surface area contributed by atoms with Gasteiger partial charge in [0.1, 0.15) is 0 Å². The first kappa shape index (κ1) is 27.7. The summed E-state index contributed by atoms with van der Waals surface area (Å²) in [5.74, 6) is 2.19. The average molecular weight is 570 g/mol. The number of fused-ring (bicyclic) bond motifs is 1. The molecule has 5 aromatic carbocycles. The molecule has 0 spiro atoms. The summed E-state index contributed by atoms with van der Waals surface area (Å²) < 4.78 is 22.7. The second-order valence-corrected chi connectivity index (χ2v) is 10.1. The largest absolute Gasteiger partial charge is 0.493 e. The summed E-state index contributed by atoms with van der Waals surface area (Å²) in [7, 11) is 6.37. The third-order valence-electron chi connectivity index (χ3n) is 7.60. The van der Waals surface area contributed by atoms with Crippen molar-refractivity contribution in [3.8, 4) is 67.6 Å². The lowest BCUT2D eigenvalue weighted by atomic mass is 9.91. The first-order valence-electron chi connectivity index (χ1n) is 13.8. The summed E-state index contributed by atoms with van der Waals surface area (Å²) in [5, 5.41) is 1.23. The Morgan fingerprint density at radius 1 is 0.488 bits per heavy atom. The predicted octanol–water partition coefficient (Wildman–Crippen LogP) is 8.23. The highest BCUT2D eigenvalue weighted by Gasteiger charge is 2.19. The molecule has 6 nitrogen and oxygen atoms in total. The molecule has 0 atom stereocenters. The SMILES string of the molecule is COc1cc2cc(-c3cc(OC)c(OC)c(-c4cc(-c5ccccc5)cc(-c5ccccc5)c4)c3)[nH]c(=O)c2cc1OC. The van der Waals surface area contributed by atoms with E-state index < -0.39 is 0 Å². The smallest absolute Gasteiger partial charge is 0.256 e. The number of aromatic amines is 1. The van der Waals surface area contributed by atoms with E-state index in [2.05, 4.69) is 47.4 Å². The van der Waals surface area contributed by atoms with Gasteiger partial charge in [0.05, 0.1) is 33.8 Å². The highest BCUT2D eigenvalue weighted by Crippen LogP contribution is 2.44. The van der Waals surface area contributed by atoms with Crippen molar-refractivity contribution in [1.29, 1.82) is 0 Å². The predicted molar refractivity (Wildman–Crippen MR) is 173 cm³/mol. The van der Waals surface area contributed by atoms with Gasteiger partial charge in [0.15, 0.2) is 23.0 Å². The number of pyridine rings is 1. The average Bonchev–Trinajstić information content (AvgIpc) is 3.07. The van der Waals surface area contributed by atoms with Crippen LogP contribution in [0, 0.1) is 0 Å². The maximum atomic E-state index is 13.3. The van der Waals surface area contributed by atoms with Gasteiger partial charge in [-0.1, -0.05) is 60.7 Å². The second-order valence-electron chi connectivity index (χ2n) is 10.1. The van der Waals surface area contributed by atoms with Crippen molar-refractivity contribution in [2.24, 2.45) is 0 Å². The van der Waals surface area contributed by atoms with Crippen LogP contribution in [0.2, 0.25) is 0 Å². The van der Waals surface area contributed by atoms with E-state index in [1.165, 1.54) is 0 Å². The van der Waals surface area contributed by atoms with E-state index >= 15 is 0 Å². The molecule has 6 heteroatoms. The topological polar surface area (TPSA) is 69.8 Å². The van der Waals surface area contributed by atoms with Gasteiger partial charge in [0, 0.05) is 16.8 Å². The molecule has 0 saturated carbocycles. The number of benzene rings is 5. The van der Waals surface area contributed by atoms with E-state index in [0.29, 0.717) is 34.1 Å². The Labute approximate surface area is 250 Å². The maximum absolute atomic E-state index is 13.3. The molecule has 1 aromatic heterocycles. The Hall–Kier alpha value is -5.49. The minimum Gasteiger partial charge on any atom is -0.493 e. The minimum absolute atomic E-state index is 0.234. The van der Waals surface area contributed by atoms with Gasteiger partial charge in [0.25, 0.3) is 5.56 Å². The number of hydrogen-bond donors (Lipinski definition) is 1. The quantitative estimate of drug-likeness (QED) is 0.200. The number of methoxy groups -OCH3 is 4. The first-order chi connectivity index (χ1) is 21.0. The Kier molecular flexibility index (Phi) is 7.58. The molecule has 0 fully saturated rings. The summed E-state index contributed by atoms with van der Waals surface area (Å²) in [4.78, 5) is 16.3. The lowest BCUT2D eigenvalue weighted by molar-refractivity contribution is 0.356. The third kappa shape index (κ3) is 5.31. The molecule has 1 heterocycles. The molecule has 0 aliphatic rings. The molecule has 214 valence electrons. The molecule has 0 saturated heterocycles. The monoisotopic (exact) mass is 569 g/mol. The normalized spacial score (nSPS) is 10.9. The van der Waals surface area contributed by atoms with Crippen molar-refractivity contribution in [3.63, 3.8) is 0 Å². The summed E-state index contributed by atoms with van der Waals surface area (Å²) in [6, 6.07) is 36.4. The molecule has 0 bridgehead atoms. The summed E-state index contributed by atoms with van der Waals surface area (Å²) >= 11 is 0. The van der Waals surface area contributed by atoms with Crippen molar-refractivity contribution in [1.82, 2.24) is 4.98 Å². The third-order valence-corrected chi connectivity index (χ3v) is 7.60. The van der Waals surface area contributed by atoms with Crippen LogP contribution < -0.4 is 24.5 Å². The molecule has 0 aliphatic heterocycles. The Bertz CT molecular complexity index is 1920. The zero-order chi connectivity index (χ0) is 29.9. The fourth-order valence-electron chi connectivity index (χ4n) is 5.46. The number of nitrogens with one attached hydrogen (secondary N) is 1. The van der Waals surface area contributed by atoms with Gasteiger partial charge < -0.3 is 23.9 Å². The highest BCUT2D eigenvalue weighted by atomic mass is 16.5. The molecule has 43 heavy (non-hydrogen) atoms. The van der Waals surface area contributed by atoms with Gasteiger partial charge in [-0.15, -0.1) is 0 Å². The number of aromatic nitrogens is 1. The van der Waals surface area contributed by atoms with Crippen LogP contribution in [0.3, 0.4) is 0 Å². The van der Waals surface area contributed by atoms with E-state index in [9.17, 15) is 4.79 Å². The molecule has 6 rings (SSSR count). The highest BCUT2D eigenvalue weighted by molar-refractivity contribution is 5.90. The van der Waals surface area contributed by atoms with Crippen LogP contribution in [-0.2, 0) is 0 Å². The van der Waals surface area contributed by atoms with E-state index in [0.717, 1.165) is 44.3 Å². The number of rotatable bonds is 8. The van der Waals surface area contributed by atoms with Crippen LogP contribution in [0.1, 0.15) is 0 Å². The molecule has 0 unspecified atom stereocenters. The summed E-state index contributed by atoms with van der Waals surface area (Å²) in [5.41, 5.74) is 7.31. The van der Waals surface area contributed by atoms with Crippen LogP contribution >= 0.6 is 0 Å². The van der Waals surface area contributed by atoms with E-state index in [1.807, 2.05) is 60.7 Å². The summed E-state index contributed by atoms with van der Waals surface area (Å²) in [6.45, 7) is 0. The molecular formula is C37H31NO5. The Morgan fingerprint density at radius 3 is 1.60 bits per heavy atom. The van der Waals surface area contributed by atoms with Crippen molar-refractivity contribution in [3.05, 3.63) is 120 Å². The van der Waals surface area contributed by atoms with Gasteiger partial charge in [-0.2, -0.15) is 0 Å². The van der Waals surface area contributed by atoms with Crippen LogP contribution in [0.15, 0.2) is 114 Å². The van der Waals surface area contributed by atoms with Crippen molar-refractivity contribution in [2.45, 2.75) is 0 Å². The Balaban J connectivity index is 1.59. The van der Waals surface area contributed by atoms with Gasteiger partial charge in [-0.3, -0.25) is 4.79 Å². The van der Waals surface area contributed by atoms with E-state index in [1.54, 1.807) is 34.5 Å². The number of hydrogen-bond acceptors (Lipinski definition) is 5. The second kappa shape index (κ2) is 11.8. The zero-order valence-corrected chi connectivity index (χ0v) is 24.4. The fourth-order valence-corrected chi connectivity index (χ4v) is 5.46. The van der Waals surface area contributed by atoms with Crippen molar-refractivity contribution < 1.29 is 18.9 Å². The van der Waals surface area contributed by atoms with Gasteiger partial charge in [-0.25, -0.2) is 0 Å². The molecular weight excluding hydrogens is 538 g/mol. The van der Waals surface area contributed by atoms with Gasteiger partial charge in [-0.05, 0) is 81.7 Å². The van der Waals surface area contributed by atoms with Crippen LogP contribution in [0.5, 0.6) is 23.0 Å². The molecule has 6 aromatic rings. The standard InChI is InChI=1S/C37H31NO5/c1-40-33-20-28-19-32(38-37(39)31(28)22-34(33)41-2)29-18-30(36(43-4)35(21-29)42-3)27-16-25(23-11-7-5-8-12-23)15-26(17-27)24-13-9-6-10-14-24/h5-22H,1-4H3,(H,38,39). The lowest BCUT2D eigenvalue weighted by Gasteiger charge is -2.18. The van der Waals surface area contributed by atoms with Crippen LogP contribution in [-0.4, -0.2) is 33.4 Å². The molecule has 1 N–H and O–H groups in total. The molecule has 0 radical (unpaired) electrons. The zero-order valence-electron chi connectivity index (χ0n) is 24.4. The van der Waals surface area contributed by atoms with Gasteiger partial charge >= 0.3 is 0 Å². The Morgan fingerprint density at radius 2 is 1.05 bits per heavy atom. The number of ether oxygens (including phenoxy) is 4. The van der Waals surface area contributed by atoms with Gasteiger partial charge in [0.2, 0.25) is 0 Å². The lowest BCUT2D eigenvalue weighted by Crippen LogP contribution is -2.08. The minimum atomic E-state index is -0.234. The maximum Gasteiger partial charge on any atom is 0.256 e. The molecule has 0 amide bonds. The van der Waals surface area contributed by atoms with Crippen molar-refractivity contribution >= 4 is 10.8 Å². The first-order valence-corrected chi connectivity index (χ1v) is 13.8. The number of H-pyrrole nitrogens is 1. The van der Waals surface area contributed by atoms with Crippen LogP contribution in [0.25, 0.3) is 55.4 Å². The summed E-state index contributed by atoms with van der Waals surface area (Å²) in [6.07, 6.45) is 0. The van der Waals surface area contributed by atoms with E-state index in [4.69, 9.17) is 18.9 Å². The van der Waals surface area contributed by atoms with Crippen LogP contribution in [0.4, 0.5) is 0 Å². The van der Waals surface area contributed by atoms with E-state index in [-0.39, 0.29) is 5.56 Å².